The van der Waals surface area contributed by atoms with Crippen molar-refractivity contribution in [2.45, 2.75) is 31.1 Å². The van der Waals surface area contributed by atoms with Gasteiger partial charge in [-0.25, -0.2) is 9.37 Å². The molecule has 1 amide bonds. The molecule has 0 radical (unpaired) electrons. The summed E-state index contributed by atoms with van der Waals surface area (Å²) < 4.78 is 20.6. The molecular formula is C22H24ClFN4O2S. The summed E-state index contributed by atoms with van der Waals surface area (Å²) in [5.74, 6) is -0.466. The summed E-state index contributed by atoms with van der Waals surface area (Å²) in [4.78, 5) is 21.4. The van der Waals surface area contributed by atoms with Crippen LogP contribution >= 0.6 is 23.4 Å². The van der Waals surface area contributed by atoms with Gasteiger partial charge in [0.15, 0.2) is 5.17 Å². The predicted octanol–water partition coefficient (Wildman–Crippen LogP) is 4.36. The number of anilines is 1. The molecule has 0 bridgehead atoms. The number of rotatable bonds is 5. The summed E-state index contributed by atoms with van der Waals surface area (Å²) in [7, 11) is 1.66. The molecule has 2 aromatic rings. The number of amidine groups is 1. The number of benzene rings is 1. The van der Waals surface area contributed by atoms with Crippen LogP contribution in [0.2, 0.25) is 5.02 Å². The standard InChI is InChI=1S/C22H24ClFN4O2S/c1-11-7-14(27-19(29)16-6-5-13(23)9-26-16)8-15(17(11)24)21(3)18-12(2)22(18,10-30-4)31-20(25)28-21/h5-9,12,18H,10H2,1-4H3,(H2,25,28)(H,27,29)/t12?,18?,21-,22+/m1/s1. The molecule has 0 spiro atoms. The highest BCUT2D eigenvalue weighted by molar-refractivity contribution is 8.15. The highest BCUT2D eigenvalue weighted by atomic mass is 35.5. The fourth-order valence-electron chi connectivity index (χ4n) is 4.85. The molecule has 164 valence electrons. The molecule has 1 fully saturated rings. The Morgan fingerprint density at radius 1 is 1.42 bits per heavy atom. The van der Waals surface area contributed by atoms with E-state index < -0.39 is 11.4 Å². The van der Waals surface area contributed by atoms with Crippen molar-refractivity contribution in [3.8, 4) is 0 Å². The lowest BCUT2D eigenvalue weighted by Crippen LogP contribution is -2.38. The van der Waals surface area contributed by atoms with Gasteiger partial charge >= 0.3 is 0 Å². The van der Waals surface area contributed by atoms with Crippen LogP contribution in [0.25, 0.3) is 0 Å². The molecule has 4 atom stereocenters. The summed E-state index contributed by atoms with van der Waals surface area (Å²) in [6, 6.07) is 6.36. The number of pyridine rings is 1. The summed E-state index contributed by atoms with van der Waals surface area (Å²) in [6.07, 6.45) is 1.40. The summed E-state index contributed by atoms with van der Waals surface area (Å²) in [6.45, 7) is 6.20. The number of amides is 1. The van der Waals surface area contributed by atoms with Gasteiger partial charge in [-0.2, -0.15) is 0 Å². The minimum atomic E-state index is -0.874. The molecule has 1 aliphatic carbocycles. The molecule has 3 N–H and O–H groups in total. The van der Waals surface area contributed by atoms with Gasteiger partial charge in [-0.3, -0.25) is 9.79 Å². The Balaban J connectivity index is 1.72. The van der Waals surface area contributed by atoms with Gasteiger partial charge in [0.05, 0.1) is 21.9 Å². The Hall–Kier alpha value is -2.16. The summed E-state index contributed by atoms with van der Waals surface area (Å²) in [5.41, 5.74) is 6.81. The quantitative estimate of drug-likeness (QED) is 0.689. The lowest BCUT2D eigenvalue weighted by atomic mass is 9.84. The molecule has 9 heteroatoms. The fraction of sp³-hybridized carbons (Fsp3) is 0.409. The first-order valence-corrected chi connectivity index (χ1v) is 11.1. The molecule has 1 aliphatic heterocycles. The lowest BCUT2D eigenvalue weighted by molar-refractivity contribution is 0.102. The molecular weight excluding hydrogens is 439 g/mol. The van der Waals surface area contributed by atoms with E-state index in [-0.39, 0.29) is 28.1 Å². The van der Waals surface area contributed by atoms with Crippen molar-refractivity contribution in [1.82, 2.24) is 4.98 Å². The first-order valence-electron chi connectivity index (χ1n) is 9.89. The Bertz CT molecular complexity index is 1080. The van der Waals surface area contributed by atoms with Crippen molar-refractivity contribution >= 4 is 40.1 Å². The number of carbonyl (C=O) groups is 1. The van der Waals surface area contributed by atoms with E-state index >= 15 is 4.39 Å². The normalized spacial score (nSPS) is 29.2. The average Bonchev–Trinajstić information content (AvgIpc) is 3.28. The Labute approximate surface area is 189 Å². The van der Waals surface area contributed by atoms with Crippen molar-refractivity contribution in [3.63, 3.8) is 0 Å². The fourth-order valence-corrected chi connectivity index (χ4v) is 6.58. The minimum absolute atomic E-state index is 0.0510. The van der Waals surface area contributed by atoms with Crippen LogP contribution in [0.4, 0.5) is 10.1 Å². The first-order chi connectivity index (χ1) is 14.6. The van der Waals surface area contributed by atoms with E-state index in [4.69, 9.17) is 27.1 Å². The maximum Gasteiger partial charge on any atom is 0.274 e. The zero-order valence-electron chi connectivity index (χ0n) is 17.7. The van der Waals surface area contributed by atoms with Crippen LogP contribution in [0.3, 0.4) is 0 Å². The van der Waals surface area contributed by atoms with Gasteiger partial charge in [-0.05, 0) is 49.6 Å². The SMILES string of the molecule is COC[C@@]12SC(N)=N[C@](C)(c3cc(NC(=O)c4ccc(Cl)cn4)cc(C)c3F)C1C2C. The average molecular weight is 463 g/mol. The molecule has 1 saturated carbocycles. The molecule has 2 heterocycles. The number of aryl methyl sites for hydroxylation is 1. The second-order valence-electron chi connectivity index (χ2n) is 8.32. The van der Waals surface area contributed by atoms with E-state index in [1.807, 2.05) is 6.92 Å². The van der Waals surface area contributed by atoms with Crippen LogP contribution in [0.15, 0.2) is 35.5 Å². The molecule has 0 saturated heterocycles. The lowest BCUT2D eigenvalue weighted by Gasteiger charge is -2.34. The van der Waals surface area contributed by atoms with Crippen molar-refractivity contribution in [1.29, 1.82) is 0 Å². The number of nitrogens with zero attached hydrogens (tertiary/aromatic N) is 2. The maximum absolute atomic E-state index is 15.4. The van der Waals surface area contributed by atoms with E-state index in [0.717, 1.165) is 0 Å². The number of methoxy groups -OCH3 is 1. The second kappa shape index (κ2) is 7.76. The smallest absolute Gasteiger partial charge is 0.274 e. The maximum atomic E-state index is 15.4. The van der Waals surface area contributed by atoms with Crippen LogP contribution in [0, 0.1) is 24.6 Å². The molecule has 4 rings (SSSR count). The van der Waals surface area contributed by atoms with Crippen molar-refractivity contribution < 1.29 is 13.9 Å². The van der Waals surface area contributed by atoms with Crippen molar-refractivity contribution in [3.05, 3.63) is 58.1 Å². The number of fused-ring (bicyclic) bond motifs is 1. The Morgan fingerprint density at radius 2 is 2.16 bits per heavy atom. The second-order valence-corrected chi connectivity index (χ2v) is 10.1. The van der Waals surface area contributed by atoms with Gasteiger partial charge in [-0.1, -0.05) is 30.3 Å². The number of carbonyl (C=O) groups excluding carboxylic acids is 1. The molecule has 31 heavy (non-hydrogen) atoms. The first kappa shape index (κ1) is 22.0. The van der Waals surface area contributed by atoms with Gasteiger partial charge in [0.1, 0.15) is 11.5 Å². The number of aliphatic imine (C=N–C) groups is 1. The Morgan fingerprint density at radius 3 is 2.81 bits per heavy atom. The van der Waals surface area contributed by atoms with Crippen LogP contribution in [-0.4, -0.2) is 34.5 Å². The number of thioether (sulfide) groups is 1. The minimum Gasteiger partial charge on any atom is -0.383 e. The van der Waals surface area contributed by atoms with Gasteiger partial charge in [0.2, 0.25) is 0 Å². The summed E-state index contributed by atoms with van der Waals surface area (Å²) in [5, 5.41) is 3.66. The van der Waals surface area contributed by atoms with E-state index in [2.05, 4.69) is 17.2 Å². The zero-order chi connectivity index (χ0) is 22.6. The Kier molecular flexibility index (Phi) is 5.52. The third-order valence-corrected chi connectivity index (χ3v) is 7.97. The molecule has 6 nitrogen and oxygen atoms in total. The van der Waals surface area contributed by atoms with Gasteiger partial charge in [-0.15, -0.1) is 0 Å². The zero-order valence-corrected chi connectivity index (χ0v) is 19.3. The van der Waals surface area contributed by atoms with Gasteiger partial charge in [0, 0.05) is 30.5 Å². The number of nitrogens with one attached hydrogen (secondary N) is 1. The number of ether oxygens (including phenoxy) is 1. The topological polar surface area (TPSA) is 89.6 Å². The van der Waals surface area contributed by atoms with E-state index in [9.17, 15) is 4.79 Å². The van der Waals surface area contributed by atoms with Crippen LogP contribution < -0.4 is 11.1 Å². The third kappa shape index (κ3) is 3.60. The van der Waals surface area contributed by atoms with E-state index in [1.165, 1.54) is 24.0 Å². The van der Waals surface area contributed by atoms with E-state index in [1.54, 1.807) is 32.2 Å². The molecule has 2 unspecified atom stereocenters. The number of hydrogen-bond donors (Lipinski definition) is 2. The van der Waals surface area contributed by atoms with Crippen molar-refractivity contribution in [2.75, 3.05) is 19.0 Å². The highest BCUT2D eigenvalue weighted by Crippen LogP contribution is 2.69. The van der Waals surface area contributed by atoms with E-state index in [0.29, 0.717) is 33.6 Å². The number of halogens is 2. The number of aromatic nitrogens is 1. The monoisotopic (exact) mass is 462 g/mol. The highest BCUT2D eigenvalue weighted by Gasteiger charge is 2.72. The predicted molar refractivity (Wildman–Crippen MR) is 122 cm³/mol. The van der Waals surface area contributed by atoms with Crippen LogP contribution in [-0.2, 0) is 10.3 Å². The third-order valence-electron chi connectivity index (χ3n) is 6.32. The molecule has 1 aromatic heterocycles. The number of nitrogens with two attached hydrogens (primary N) is 1. The largest absolute Gasteiger partial charge is 0.383 e. The number of hydrogen-bond acceptors (Lipinski definition) is 6. The van der Waals surface area contributed by atoms with Gasteiger partial charge < -0.3 is 15.8 Å². The molecule has 1 aromatic carbocycles. The molecule has 2 aliphatic rings. The van der Waals surface area contributed by atoms with Crippen molar-refractivity contribution in [2.24, 2.45) is 22.6 Å². The van der Waals surface area contributed by atoms with Crippen LogP contribution in [0.1, 0.15) is 35.5 Å². The summed E-state index contributed by atoms with van der Waals surface area (Å²) >= 11 is 7.35. The van der Waals surface area contributed by atoms with Gasteiger partial charge in [0.25, 0.3) is 5.91 Å². The van der Waals surface area contributed by atoms with Crippen LogP contribution in [0.5, 0.6) is 0 Å².